The molecule has 2 heterocycles. The maximum atomic E-state index is 12.6. The molecule has 1 amide bonds. The second kappa shape index (κ2) is 7.15. The average molecular weight is 296 g/mol. The lowest BCUT2D eigenvalue weighted by molar-refractivity contribution is 0.0569. The number of carbonyl (C=O) groups is 1. The molecule has 1 fully saturated rings. The number of aromatic nitrogens is 1. The van der Waals surface area contributed by atoms with Gasteiger partial charge in [-0.15, -0.1) is 11.3 Å². The highest BCUT2D eigenvalue weighted by Crippen LogP contribution is 2.18. The Hall–Kier alpha value is -0.980. The number of hydrogen-bond donors (Lipinski definition) is 0. The number of likely N-dealkylation sites (N-methyl/N-ethyl adjacent to an activating group) is 1. The molecule has 0 bridgehead atoms. The molecule has 1 aliphatic heterocycles. The van der Waals surface area contributed by atoms with Crippen LogP contribution < -0.4 is 0 Å². The SMILES string of the molecule is CN(C)CCN(C(=O)c1cscn1)C1CCN(C)CC1. The molecular formula is C14H24N4OS. The molecule has 0 saturated carbocycles. The van der Waals surface area contributed by atoms with Crippen LogP contribution in [0.4, 0.5) is 0 Å². The smallest absolute Gasteiger partial charge is 0.273 e. The summed E-state index contributed by atoms with van der Waals surface area (Å²) < 4.78 is 0. The maximum absolute atomic E-state index is 12.6. The Kier molecular flexibility index (Phi) is 5.51. The topological polar surface area (TPSA) is 39.7 Å². The molecule has 112 valence electrons. The molecule has 0 radical (unpaired) electrons. The van der Waals surface area contributed by atoms with E-state index in [-0.39, 0.29) is 5.91 Å². The second-order valence-corrected chi connectivity index (χ2v) is 6.43. The van der Waals surface area contributed by atoms with Gasteiger partial charge in [0.2, 0.25) is 0 Å². The Morgan fingerprint density at radius 2 is 2.10 bits per heavy atom. The largest absolute Gasteiger partial charge is 0.333 e. The Labute approximate surface area is 125 Å². The molecule has 0 unspecified atom stereocenters. The minimum atomic E-state index is 0.0858. The van der Waals surface area contributed by atoms with Gasteiger partial charge in [-0.2, -0.15) is 0 Å². The second-order valence-electron chi connectivity index (χ2n) is 5.71. The predicted octanol–water partition coefficient (Wildman–Crippen LogP) is 1.24. The van der Waals surface area contributed by atoms with Crippen molar-refractivity contribution >= 4 is 17.2 Å². The summed E-state index contributed by atoms with van der Waals surface area (Å²) in [6.07, 6.45) is 2.11. The number of nitrogens with zero attached hydrogens (tertiary/aromatic N) is 4. The summed E-state index contributed by atoms with van der Waals surface area (Å²) in [6, 6.07) is 0.348. The number of hydrogen-bond acceptors (Lipinski definition) is 5. The lowest BCUT2D eigenvalue weighted by atomic mass is 10.0. The van der Waals surface area contributed by atoms with Crippen LogP contribution in [-0.2, 0) is 0 Å². The van der Waals surface area contributed by atoms with Crippen molar-refractivity contribution in [1.29, 1.82) is 0 Å². The van der Waals surface area contributed by atoms with Crippen molar-refractivity contribution in [3.05, 3.63) is 16.6 Å². The fraction of sp³-hybridized carbons (Fsp3) is 0.714. The Morgan fingerprint density at radius 1 is 1.40 bits per heavy atom. The predicted molar refractivity (Wildman–Crippen MR) is 82.2 cm³/mol. The van der Waals surface area contributed by atoms with Crippen LogP contribution in [0.25, 0.3) is 0 Å². The molecule has 1 aliphatic rings. The summed E-state index contributed by atoms with van der Waals surface area (Å²) in [5.74, 6) is 0.0858. The van der Waals surface area contributed by atoms with Gasteiger partial charge in [-0.05, 0) is 47.1 Å². The highest BCUT2D eigenvalue weighted by molar-refractivity contribution is 7.07. The zero-order chi connectivity index (χ0) is 14.5. The molecule has 6 heteroatoms. The monoisotopic (exact) mass is 296 g/mol. The zero-order valence-corrected chi connectivity index (χ0v) is 13.4. The maximum Gasteiger partial charge on any atom is 0.273 e. The number of likely N-dealkylation sites (tertiary alicyclic amines) is 1. The molecule has 1 saturated heterocycles. The molecule has 1 aromatic rings. The van der Waals surface area contributed by atoms with Gasteiger partial charge in [-0.25, -0.2) is 4.98 Å². The van der Waals surface area contributed by atoms with Crippen molar-refractivity contribution in [2.75, 3.05) is 47.3 Å². The van der Waals surface area contributed by atoms with Crippen molar-refractivity contribution in [1.82, 2.24) is 19.7 Å². The first-order chi connectivity index (χ1) is 9.58. The summed E-state index contributed by atoms with van der Waals surface area (Å²) in [5, 5.41) is 1.85. The van der Waals surface area contributed by atoms with Crippen molar-refractivity contribution in [2.45, 2.75) is 18.9 Å². The van der Waals surface area contributed by atoms with Crippen LogP contribution in [0.5, 0.6) is 0 Å². The highest BCUT2D eigenvalue weighted by Gasteiger charge is 2.28. The molecule has 0 aliphatic carbocycles. The first-order valence-electron chi connectivity index (χ1n) is 7.10. The van der Waals surface area contributed by atoms with E-state index in [1.54, 1.807) is 5.51 Å². The van der Waals surface area contributed by atoms with Gasteiger partial charge in [-0.3, -0.25) is 4.79 Å². The standard InChI is InChI=1S/C14H24N4OS/c1-16(2)8-9-18(12-4-6-17(3)7-5-12)14(19)13-10-20-11-15-13/h10-12H,4-9H2,1-3H3. The third kappa shape index (κ3) is 4.01. The van der Waals surface area contributed by atoms with Crippen LogP contribution in [-0.4, -0.2) is 79.0 Å². The van der Waals surface area contributed by atoms with E-state index >= 15 is 0 Å². The number of rotatable bonds is 5. The summed E-state index contributed by atoms with van der Waals surface area (Å²) in [6.45, 7) is 3.79. The van der Waals surface area contributed by atoms with Crippen molar-refractivity contribution in [2.24, 2.45) is 0 Å². The molecule has 0 atom stereocenters. The van der Waals surface area contributed by atoms with E-state index in [4.69, 9.17) is 0 Å². The van der Waals surface area contributed by atoms with E-state index in [2.05, 4.69) is 21.8 Å². The van der Waals surface area contributed by atoms with Gasteiger partial charge in [0, 0.05) is 24.5 Å². The van der Waals surface area contributed by atoms with Crippen molar-refractivity contribution < 1.29 is 4.79 Å². The van der Waals surface area contributed by atoms with Crippen LogP contribution in [0.2, 0.25) is 0 Å². The normalized spacial score (nSPS) is 17.6. The van der Waals surface area contributed by atoms with Gasteiger partial charge in [0.05, 0.1) is 5.51 Å². The molecule has 0 aromatic carbocycles. The molecular weight excluding hydrogens is 272 g/mol. The molecule has 1 aromatic heterocycles. The van der Waals surface area contributed by atoms with E-state index < -0.39 is 0 Å². The fourth-order valence-corrected chi connectivity index (χ4v) is 3.06. The number of amides is 1. The van der Waals surface area contributed by atoms with E-state index in [0.717, 1.165) is 39.0 Å². The van der Waals surface area contributed by atoms with E-state index in [1.807, 2.05) is 24.4 Å². The van der Waals surface area contributed by atoms with Crippen LogP contribution in [0.15, 0.2) is 10.9 Å². The van der Waals surface area contributed by atoms with Crippen LogP contribution >= 0.6 is 11.3 Å². The Morgan fingerprint density at radius 3 is 2.65 bits per heavy atom. The lowest BCUT2D eigenvalue weighted by Gasteiger charge is -2.37. The summed E-state index contributed by atoms with van der Waals surface area (Å²) in [4.78, 5) is 23.3. The zero-order valence-electron chi connectivity index (χ0n) is 12.6. The van der Waals surface area contributed by atoms with Crippen LogP contribution in [0, 0.1) is 0 Å². The minimum Gasteiger partial charge on any atom is -0.333 e. The molecule has 5 nitrogen and oxygen atoms in total. The van der Waals surface area contributed by atoms with Crippen molar-refractivity contribution in [3.63, 3.8) is 0 Å². The molecule has 0 N–H and O–H groups in total. The number of thiazole rings is 1. The Balaban J connectivity index is 2.05. The van der Waals surface area contributed by atoms with E-state index in [1.165, 1.54) is 11.3 Å². The summed E-state index contributed by atoms with van der Waals surface area (Å²) >= 11 is 1.48. The average Bonchev–Trinajstić information content (AvgIpc) is 2.94. The number of piperidine rings is 1. The summed E-state index contributed by atoms with van der Waals surface area (Å²) in [7, 11) is 6.23. The first-order valence-corrected chi connectivity index (χ1v) is 8.04. The first kappa shape index (κ1) is 15.4. The van der Waals surface area contributed by atoms with Gasteiger partial charge in [0.15, 0.2) is 0 Å². The highest BCUT2D eigenvalue weighted by atomic mass is 32.1. The van der Waals surface area contributed by atoms with Gasteiger partial charge < -0.3 is 14.7 Å². The van der Waals surface area contributed by atoms with E-state index in [0.29, 0.717) is 11.7 Å². The summed E-state index contributed by atoms with van der Waals surface area (Å²) in [5.41, 5.74) is 2.32. The van der Waals surface area contributed by atoms with Gasteiger partial charge >= 0.3 is 0 Å². The minimum absolute atomic E-state index is 0.0858. The third-order valence-electron chi connectivity index (χ3n) is 3.83. The molecule has 0 spiro atoms. The van der Waals surface area contributed by atoms with Gasteiger partial charge in [0.1, 0.15) is 5.69 Å². The third-order valence-corrected chi connectivity index (χ3v) is 4.42. The lowest BCUT2D eigenvalue weighted by Crippen LogP contribution is -2.48. The van der Waals surface area contributed by atoms with Crippen molar-refractivity contribution in [3.8, 4) is 0 Å². The molecule has 2 rings (SSSR count). The van der Waals surface area contributed by atoms with Crippen LogP contribution in [0.3, 0.4) is 0 Å². The van der Waals surface area contributed by atoms with Gasteiger partial charge in [-0.1, -0.05) is 0 Å². The fourth-order valence-electron chi connectivity index (χ4n) is 2.53. The number of carbonyl (C=O) groups excluding carboxylic acids is 1. The quantitative estimate of drug-likeness (QED) is 0.820. The van der Waals surface area contributed by atoms with Crippen LogP contribution in [0.1, 0.15) is 23.3 Å². The van der Waals surface area contributed by atoms with E-state index in [9.17, 15) is 4.79 Å². The molecule has 20 heavy (non-hydrogen) atoms. The Bertz CT molecular complexity index is 413. The van der Waals surface area contributed by atoms with Gasteiger partial charge in [0.25, 0.3) is 5.91 Å².